The molecule has 0 saturated heterocycles. The molecule has 0 saturated carbocycles. The minimum atomic E-state index is -0.295. The van der Waals surface area contributed by atoms with Gasteiger partial charge in [-0.2, -0.15) is 0 Å². The third kappa shape index (κ3) is 1.32. The Morgan fingerprint density at radius 2 is 2.14 bits per heavy atom. The van der Waals surface area contributed by atoms with Crippen molar-refractivity contribution in [2.75, 3.05) is 0 Å². The molecule has 1 aromatic carbocycles. The van der Waals surface area contributed by atoms with Gasteiger partial charge in [-0.05, 0) is 24.6 Å². The van der Waals surface area contributed by atoms with Crippen LogP contribution in [0, 0.1) is 6.92 Å². The molecule has 0 atom stereocenters. The van der Waals surface area contributed by atoms with E-state index >= 15 is 0 Å². The number of nitrogens with one attached hydrogen (secondary N) is 1. The second-order valence-corrected chi connectivity index (χ2v) is 3.97. The third-order valence-electron chi connectivity index (χ3n) is 2.19. The molecule has 1 aromatic heterocycles. The fourth-order valence-electron chi connectivity index (χ4n) is 1.42. The summed E-state index contributed by atoms with van der Waals surface area (Å²) in [7, 11) is 0. The number of fused-ring (bicyclic) bond motifs is 1. The van der Waals surface area contributed by atoms with Gasteiger partial charge in [-0.1, -0.05) is 15.9 Å². The van der Waals surface area contributed by atoms with E-state index in [1.54, 1.807) is 6.07 Å². The van der Waals surface area contributed by atoms with Crippen LogP contribution in [0.15, 0.2) is 27.5 Å². The van der Waals surface area contributed by atoms with E-state index in [1.165, 1.54) is 6.07 Å². The van der Waals surface area contributed by atoms with Crippen molar-refractivity contribution in [2.45, 2.75) is 6.92 Å². The fraction of sp³-hybridized carbons (Fsp3) is 0.100. The zero-order valence-electron chi connectivity index (χ0n) is 7.47. The zero-order chi connectivity index (χ0) is 10.3. The van der Waals surface area contributed by atoms with E-state index in [9.17, 15) is 9.90 Å². The Balaban J connectivity index is 3.02. The molecule has 0 aliphatic carbocycles. The van der Waals surface area contributed by atoms with Gasteiger partial charge in [-0.15, -0.1) is 0 Å². The maximum absolute atomic E-state index is 11.1. The van der Waals surface area contributed by atoms with E-state index in [-0.39, 0.29) is 11.3 Å². The van der Waals surface area contributed by atoms with Crippen LogP contribution < -0.4 is 5.56 Å². The van der Waals surface area contributed by atoms with Crippen molar-refractivity contribution < 1.29 is 5.11 Å². The summed E-state index contributed by atoms with van der Waals surface area (Å²) in [6.07, 6.45) is 0. The molecule has 0 aliphatic rings. The number of benzene rings is 1. The van der Waals surface area contributed by atoms with Gasteiger partial charge in [0.05, 0.1) is 5.52 Å². The number of hydrogen-bond donors (Lipinski definition) is 2. The largest absolute Gasteiger partial charge is 0.507 e. The monoisotopic (exact) mass is 253 g/mol. The zero-order valence-corrected chi connectivity index (χ0v) is 9.05. The van der Waals surface area contributed by atoms with Crippen molar-refractivity contribution in [3.8, 4) is 5.75 Å². The van der Waals surface area contributed by atoms with Crippen LogP contribution in [0.3, 0.4) is 0 Å². The molecule has 4 heteroatoms. The predicted molar refractivity (Wildman–Crippen MR) is 58.7 cm³/mol. The fourth-order valence-corrected chi connectivity index (χ4v) is 1.75. The average Bonchev–Trinajstić information content (AvgIpc) is 2.12. The Kier molecular flexibility index (Phi) is 2.07. The lowest BCUT2D eigenvalue weighted by Gasteiger charge is -2.05. The maximum Gasteiger partial charge on any atom is 0.252 e. The molecule has 0 spiro atoms. The molecule has 1 heterocycles. The minimum absolute atomic E-state index is 0.0133. The van der Waals surface area contributed by atoms with Crippen molar-refractivity contribution in [3.63, 3.8) is 0 Å². The van der Waals surface area contributed by atoms with Gasteiger partial charge < -0.3 is 10.1 Å². The van der Waals surface area contributed by atoms with E-state index in [2.05, 4.69) is 20.9 Å². The van der Waals surface area contributed by atoms with E-state index in [0.29, 0.717) is 10.9 Å². The van der Waals surface area contributed by atoms with Gasteiger partial charge in [0.1, 0.15) is 5.75 Å². The van der Waals surface area contributed by atoms with E-state index in [4.69, 9.17) is 0 Å². The van der Waals surface area contributed by atoms with Crippen LogP contribution in [-0.4, -0.2) is 10.1 Å². The molecule has 0 aliphatic heterocycles. The van der Waals surface area contributed by atoms with Crippen LogP contribution in [-0.2, 0) is 0 Å². The second-order valence-electron chi connectivity index (χ2n) is 3.11. The van der Waals surface area contributed by atoms with Crippen molar-refractivity contribution in [1.82, 2.24) is 4.98 Å². The van der Waals surface area contributed by atoms with E-state index in [1.807, 2.05) is 13.0 Å². The summed E-state index contributed by atoms with van der Waals surface area (Å²) in [6.45, 7) is 1.88. The summed E-state index contributed by atoms with van der Waals surface area (Å²) in [5, 5.41) is 10.2. The Morgan fingerprint density at radius 3 is 2.86 bits per heavy atom. The number of aryl methyl sites for hydroxylation is 1. The molecule has 2 rings (SSSR count). The molecule has 0 radical (unpaired) electrons. The van der Waals surface area contributed by atoms with Gasteiger partial charge >= 0.3 is 0 Å². The van der Waals surface area contributed by atoms with Crippen LogP contribution in [0.1, 0.15) is 5.56 Å². The third-order valence-corrected chi connectivity index (χ3v) is 3.05. The minimum Gasteiger partial charge on any atom is -0.507 e. The SMILES string of the molecule is Cc1c(Br)ccc2c(O)cc(=O)[nH]c12. The van der Waals surface area contributed by atoms with Crippen LogP contribution in [0.5, 0.6) is 5.75 Å². The van der Waals surface area contributed by atoms with Crippen LogP contribution >= 0.6 is 15.9 Å². The number of aromatic hydroxyl groups is 1. The van der Waals surface area contributed by atoms with Gasteiger partial charge in [0.15, 0.2) is 0 Å². The molecule has 0 fully saturated rings. The highest BCUT2D eigenvalue weighted by Gasteiger charge is 2.06. The van der Waals surface area contributed by atoms with Crippen molar-refractivity contribution in [1.29, 1.82) is 0 Å². The molecule has 3 nitrogen and oxygen atoms in total. The van der Waals surface area contributed by atoms with Gasteiger partial charge in [-0.25, -0.2) is 0 Å². The molecule has 0 amide bonds. The molecule has 72 valence electrons. The first-order valence-corrected chi connectivity index (χ1v) is 4.90. The number of rotatable bonds is 0. The number of hydrogen-bond acceptors (Lipinski definition) is 2. The number of aromatic nitrogens is 1. The highest BCUT2D eigenvalue weighted by molar-refractivity contribution is 9.10. The lowest BCUT2D eigenvalue weighted by Crippen LogP contribution is -2.04. The van der Waals surface area contributed by atoms with Crippen molar-refractivity contribution in [2.24, 2.45) is 0 Å². The van der Waals surface area contributed by atoms with Gasteiger partial charge in [0, 0.05) is 15.9 Å². The first-order valence-electron chi connectivity index (χ1n) is 4.10. The number of H-pyrrole nitrogens is 1. The molecule has 0 unspecified atom stereocenters. The van der Waals surface area contributed by atoms with Gasteiger partial charge in [0.2, 0.25) is 0 Å². The summed E-state index contributed by atoms with van der Waals surface area (Å²) < 4.78 is 0.909. The topological polar surface area (TPSA) is 53.1 Å². The predicted octanol–water partition coefficient (Wildman–Crippen LogP) is 2.30. The number of aromatic amines is 1. The van der Waals surface area contributed by atoms with E-state index in [0.717, 1.165) is 10.0 Å². The Morgan fingerprint density at radius 1 is 1.43 bits per heavy atom. The summed E-state index contributed by atoms with van der Waals surface area (Å²) in [5.41, 5.74) is 1.29. The first kappa shape index (κ1) is 9.27. The van der Waals surface area contributed by atoms with Crippen LogP contribution in [0.25, 0.3) is 10.9 Å². The van der Waals surface area contributed by atoms with Crippen LogP contribution in [0.2, 0.25) is 0 Å². The van der Waals surface area contributed by atoms with Gasteiger partial charge in [0.25, 0.3) is 5.56 Å². The normalized spacial score (nSPS) is 10.7. The van der Waals surface area contributed by atoms with Crippen molar-refractivity contribution in [3.05, 3.63) is 38.6 Å². The molecule has 2 N–H and O–H groups in total. The smallest absolute Gasteiger partial charge is 0.252 e. The summed E-state index contributed by atoms with van der Waals surface area (Å²) in [6, 6.07) is 4.78. The van der Waals surface area contributed by atoms with Crippen molar-refractivity contribution >= 4 is 26.8 Å². The molecule has 14 heavy (non-hydrogen) atoms. The molecule has 2 aromatic rings. The lowest BCUT2D eigenvalue weighted by molar-refractivity contribution is 0.480. The Labute approximate surface area is 88.5 Å². The summed E-state index contributed by atoms with van der Waals surface area (Å²) >= 11 is 3.36. The first-order chi connectivity index (χ1) is 6.59. The molecular weight excluding hydrogens is 246 g/mol. The second kappa shape index (κ2) is 3.13. The van der Waals surface area contributed by atoms with Crippen LogP contribution in [0.4, 0.5) is 0 Å². The Bertz CT molecular complexity index is 560. The lowest BCUT2D eigenvalue weighted by atomic mass is 10.1. The Hall–Kier alpha value is -1.29. The number of pyridine rings is 1. The standard InChI is InChI=1S/C10H8BrNO2/c1-5-7(11)3-2-6-8(13)4-9(14)12-10(5)6/h2-4H,1H3,(H2,12,13,14). The summed E-state index contributed by atoms with van der Waals surface area (Å²) in [4.78, 5) is 13.8. The molecular formula is C10H8BrNO2. The molecule has 0 bridgehead atoms. The highest BCUT2D eigenvalue weighted by Crippen LogP contribution is 2.27. The summed E-state index contributed by atoms with van der Waals surface area (Å²) in [5.74, 6) is 0.0133. The average molecular weight is 254 g/mol. The maximum atomic E-state index is 11.1. The van der Waals surface area contributed by atoms with E-state index < -0.39 is 0 Å². The quantitative estimate of drug-likeness (QED) is 0.757. The van der Waals surface area contributed by atoms with Gasteiger partial charge in [-0.3, -0.25) is 4.79 Å². The highest BCUT2D eigenvalue weighted by atomic mass is 79.9. The number of halogens is 1.